The Kier molecular flexibility index (Phi) is 6.14. The number of hydrogen-bond donors (Lipinski definition) is 2. The smallest absolute Gasteiger partial charge is 0.365 e. The second-order valence-electron chi connectivity index (χ2n) is 8.15. The molecule has 2 atom stereocenters. The first-order valence-corrected chi connectivity index (χ1v) is 11.4. The van der Waals surface area contributed by atoms with Crippen molar-refractivity contribution in [2.24, 2.45) is 0 Å². The molecule has 1 aromatic carbocycles. The van der Waals surface area contributed by atoms with Crippen LogP contribution in [0.2, 0.25) is 0 Å². The lowest BCUT2D eigenvalue weighted by Crippen LogP contribution is -2.63. The molecule has 34 heavy (non-hydrogen) atoms. The van der Waals surface area contributed by atoms with Gasteiger partial charge in [0.1, 0.15) is 12.4 Å². The Hall–Kier alpha value is -3.72. The molecule has 4 N–H and O–H groups in total. The lowest BCUT2D eigenvalue weighted by atomic mass is 9.97. The predicted octanol–water partition coefficient (Wildman–Crippen LogP) is 1.99. The Balaban J connectivity index is 0.00000133. The van der Waals surface area contributed by atoms with Crippen molar-refractivity contribution in [1.82, 2.24) is 9.55 Å². The van der Waals surface area contributed by atoms with E-state index in [0.29, 0.717) is 35.4 Å². The first kappa shape index (κ1) is 23.4. The monoisotopic (exact) mass is 466 g/mol. The largest absolute Gasteiger partial charge is 0.508 e. The minimum absolute atomic E-state index is 0.150. The van der Waals surface area contributed by atoms with Crippen LogP contribution in [-0.2, 0) is 38.6 Å². The molecule has 0 saturated carbocycles. The molecule has 0 spiro atoms. The van der Waals surface area contributed by atoms with Crippen LogP contribution in [0.3, 0.4) is 0 Å². The van der Waals surface area contributed by atoms with Crippen LogP contribution in [0.5, 0.6) is 5.75 Å². The zero-order valence-corrected chi connectivity index (χ0v) is 19.7. The third-order valence-electron chi connectivity index (χ3n) is 6.03. The van der Waals surface area contributed by atoms with Gasteiger partial charge in [-0.3, -0.25) is 4.79 Å². The number of phenolic OH excluding ortho intramolecular Hbond substituents is 1. The van der Waals surface area contributed by atoms with Crippen LogP contribution in [0.4, 0.5) is 0 Å². The maximum atomic E-state index is 13.3. The summed E-state index contributed by atoms with van der Waals surface area (Å²) in [5.41, 5.74) is 7.74. The molecule has 2 aliphatic heterocycles. The molecule has 0 bridgehead atoms. The van der Waals surface area contributed by atoms with Crippen molar-refractivity contribution >= 4 is 22.8 Å². The molecular weight excluding hydrogens is 438 g/mol. The summed E-state index contributed by atoms with van der Waals surface area (Å²) in [4.78, 5) is 42.7. The van der Waals surface area contributed by atoms with Gasteiger partial charge >= 0.3 is 11.9 Å². The molecule has 3 aromatic rings. The van der Waals surface area contributed by atoms with Crippen LogP contribution in [0.25, 0.3) is 22.3 Å². The van der Waals surface area contributed by atoms with Gasteiger partial charge in [-0.1, -0.05) is 20.8 Å². The summed E-state index contributed by atoms with van der Waals surface area (Å²) in [6.07, 6.45) is -0.627. The fourth-order valence-electron chi connectivity index (χ4n) is 4.43. The van der Waals surface area contributed by atoms with E-state index in [2.05, 4.69) is 5.73 Å². The van der Waals surface area contributed by atoms with Crippen LogP contribution in [0.15, 0.2) is 29.1 Å². The number of hydrogen-bond acceptors (Lipinski definition) is 7. The van der Waals surface area contributed by atoms with Crippen molar-refractivity contribution in [1.29, 1.82) is 0 Å². The molecule has 2 aromatic heterocycles. The number of rotatable bonds is 3. The highest BCUT2D eigenvalue weighted by Gasteiger charge is 2.38. The van der Waals surface area contributed by atoms with Gasteiger partial charge in [-0.2, -0.15) is 0 Å². The molecule has 9 heteroatoms. The Labute approximate surface area is 196 Å². The van der Waals surface area contributed by atoms with Gasteiger partial charge in [-0.25, -0.2) is 14.6 Å². The first-order chi connectivity index (χ1) is 16.3. The number of carbonyl (C=O) groups excluding carboxylic acids is 2. The molecule has 4 heterocycles. The van der Waals surface area contributed by atoms with Crippen molar-refractivity contribution in [2.45, 2.75) is 59.4 Å². The number of phenols is 1. The van der Waals surface area contributed by atoms with E-state index in [1.807, 2.05) is 20.8 Å². The highest BCUT2D eigenvalue weighted by Crippen LogP contribution is 2.39. The number of nitrogens with zero attached hydrogens (tertiary/aromatic N) is 2. The Morgan fingerprint density at radius 3 is 2.71 bits per heavy atom. The Morgan fingerprint density at radius 1 is 1.29 bits per heavy atom. The van der Waals surface area contributed by atoms with Gasteiger partial charge in [0.2, 0.25) is 6.10 Å². The summed E-state index contributed by atoms with van der Waals surface area (Å²) >= 11 is 0. The molecule has 0 amide bonds. The minimum atomic E-state index is -1.32. The van der Waals surface area contributed by atoms with E-state index >= 15 is 0 Å². The van der Waals surface area contributed by atoms with Gasteiger partial charge < -0.3 is 24.9 Å². The molecule has 9 nitrogen and oxygen atoms in total. The van der Waals surface area contributed by atoms with Gasteiger partial charge in [-0.15, -0.1) is 0 Å². The summed E-state index contributed by atoms with van der Waals surface area (Å²) in [7, 11) is 0. The fraction of sp³-hybridized carbons (Fsp3) is 0.360. The highest BCUT2D eigenvalue weighted by atomic mass is 16.6. The standard InChI is InChI=1S/C23H21N3O6.C2H6/c1-3-12-13-6-11(27)4-5-17(13)25-19-15(12)8-26-18(19)7-14-16(21(26)28)9-31-23(30)20(14)32-22(29)10(2)24;1-2/h4-7,10,20,27H,3,8-9,24H2,1-2H3;1-2H3/p+1. The summed E-state index contributed by atoms with van der Waals surface area (Å²) in [6.45, 7) is 7.72. The van der Waals surface area contributed by atoms with Crippen LogP contribution >= 0.6 is 0 Å². The Morgan fingerprint density at radius 2 is 2.03 bits per heavy atom. The first-order valence-electron chi connectivity index (χ1n) is 11.4. The Bertz CT molecular complexity index is 1380. The van der Waals surface area contributed by atoms with Gasteiger partial charge in [0.25, 0.3) is 5.56 Å². The molecule has 0 saturated heterocycles. The van der Waals surface area contributed by atoms with Gasteiger partial charge in [0.05, 0.1) is 29.0 Å². The molecular formula is C25H28N3O6+. The molecule has 5 rings (SSSR count). The van der Waals surface area contributed by atoms with Crippen LogP contribution < -0.4 is 11.3 Å². The lowest BCUT2D eigenvalue weighted by Gasteiger charge is -2.25. The maximum absolute atomic E-state index is 13.3. The number of quaternary nitrogens is 1. The van der Waals surface area contributed by atoms with E-state index in [1.165, 1.54) is 0 Å². The number of cyclic esters (lactones) is 1. The molecule has 2 aliphatic rings. The van der Waals surface area contributed by atoms with Crippen molar-refractivity contribution in [3.63, 3.8) is 0 Å². The highest BCUT2D eigenvalue weighted by molar-refractivity contribution is 5.89. The number of aromatic hydroxyl groups is 1. The zero-order chi connectivity index (χ0) is 24.7. The van der Waals surface area contributed by atoms with Crippen LogP contribution in [0.1, 0.15) is 56.1 Å². The molecule has 178 valence electrons. The van der Waals surface area contributed by atoms with Gasteiger partial charge in [0.15, 0.2) is 6.04 Å². The number of benzene rings is 1. The lowest BCUT2D eigenvalue weighted by molar-refractivity contribution is -0.403. The van der Waals surface area contributed by atoms with E-state index in [4.69, 9.17) is 14.5 Å². The SMILES string of the molecule is CC.CCc1c2c(nc3ccc(O)cc13)-c1cc3c(c(=O)n1C2)COC(=O)C3OC(=O)C(C)[NH3+]. The van der Waals surface area contributed by atoms with Crippen molar-refractivity contribution < 1.29 is 29.9 Å². The average molecular weight is 467 g/mol. The second-order valence-corrected chi connectivity index (χ2v) is 8.15. The number of fused-ring (bicyclic) bond motifs is 5. The number of esters is 2. The van der Waals surface area contributed by atoms with E-state index in [0.717, 1.165) is 16.5 Å². The summed E-state index contributed by atoms with van der Waals surface area (Å²) in [6, 6.07) is 6.01. The zero-order valence-electron chi connectivity index (χ0n) is 19.7. The summed E-state index contributed by atoms with van der Waals surface area (Å²) < 4.78 is 12.1. The normalized spacial score (nSPS) is 16.5. The summed E-state index contributed by atoms with van der Waals surface area (Å²) in [5.74, 6) is -1.22. The molecule has 0 radical (unpaired) electrons. The van der Waals surface area contributed by atoms with Crippen molar-refractivity contribution in [3.05, 3.63) is 56.9 Å². The van der Waals surface area contributed by atoms with Crippen molar-refractivity contribution in [2.75, 3.05) is 0 Å². The van der Waals surface area contributed by atoms with E-state index < -0.39 is 24.1 Å². The number of aryl methyl sites for hydroxylation is 1. The van der Waals surface area contributed by atoms with Crippen LogP contribution in [-0.4, -0.2) is 32.6 Å². The predicted molar refractivity (Wildman–Crippen MR) is 124 cm³/mol. The number of pyridine rings is 2. The summed E-state index contributed by atoms with van der Waals surface area (Å²) in [5, 5.41) is 10.8. The van der Waals surface area contributed by atoms with E-state index in [1.54, 1.807) is 35.8 Å². The second kappa shape index (κ2) is 8.90. The minimum Gasteiger partial charge on any atom is -0.508 e. The quantitative estimate of drug-likeness (QED) is 0.441. The van der Waals surface area contributed by atoms with Gasteiger partial charge in [0, 0.05) is 16.5 Å². The van der Waals surface area contributed by atoms with Crippen LogP contribution in [0, 0.1) is 0 Å². The molecule has 2 unspecified atom stereocenters. The topological polar surface area (TPSA) is 135 Å². The fourth-order valence-corrected chi connectivity index (χ4v) is 4.43. The molecule has 0 fully saturated rings. The van der Waals surface area contributed by atoms with Crippen molar-refractivity contribution in [3.8, 4) is 17.1 Å². The molecule has 0 aliphatic carbocycles. The number of aromatic nitrogens is 2. The van der Waals surface area contributed by atoms with E-state index in [-0.39, 0.29) is 23.5 Å². The third kappa shape index (κ3) is 3.62. The number of carbonyl (C=O) groups is 2. The average Bonchev–Trinajstić information content (AvgIpc) is 3.19. The van der Waals surface area contributed by atoms with Gasteiger partial charge in [-0.05, 0) is 43.2 Å². The number of ether oxygens (including phenoxy) is 2. The third-order valence-corrected chi connectivity index (χ3v) is 6.03. The maximum Gasteiger partial charge on any atom is 0.365 e. The van der Waals surface area contributed by atoms with E-state index in [9.17, 15) is 19.5 Å².